The standard InChI is InChI=1S/C20H23N5O3S/c1-12(2)25-20-17(13(3)23-25)18(16(11-21)19(22)28-20)14-5-7-15(8-6-14)24-9-4-10-29(24,26)27/h5-8,12,18H,4,9-10,22H2,1-3H3. The third kappa shape index (κ3) is 3.04. The zero-order chi connectivity index (χ0) is 20.9. The quantitative estimate of drug-likeness (QED) is 0.827. The molecule has 1 unspecified atom stereocenters. The molecule has 0 radical (unpaired) electrons. The van der Waals surface area contributed by atoms with Crippen molar-refractivity contribution < 1.29 is 13.2 Å². The third-order valence-corrected chi connectivity index (χ3v) is 7.23. The molecule has 29 heavy (non-hydrogen) atoms. The van der Waals surface area contributed by atoms with Crippen molar-refractivity contribution in [3.63, 3.8) is 0 Å². The minimum Gasteiger partial charge on any atom is -0.422 e. The molecule has 0 aliphatic carbocycles. The molecule has 1 fully saturated rings. The first-order chi connectivity index (χ1) is 13.7. The molecular weight excluding hydrogens is 390 g/mol. The van der Waals surface area contributed by atoms with Gasteiger partial charge in [0.1, 0.15) is 11.6 Å². The van der Waals surface area contributed by atoms with Gasteiger partial charge in [0.05, 0.1) is 34.7 Å². The number of hydrogen-bond acceptors (Lipinski definition) is 6. The lowest BCUT2D eigenvalue weighted by molar-refractivity contribution is 0.334. The van der Waals surface area contributed by atoms with Crippen LogP contribution in [0.3, 0.4) is 0 Å². The van der Waals surface area contributed by atoms with E-state index in [1.165, 1.54) is 4.31 Å². The van der Waals surface area contributed by atoms with Gasteiger partial charge in [0, 0.05) is 6.54 Å². The summed E-state index contributed by atoms with van der Waals surface area (Å²) in [5.41, 5.74) is 9.45. The predicted molar refractivity (Wildman–Crippen MR) is 109 cm³/mol. The van der Waals surface area contributed by atoms with E-state index in [-0.39, 0.29) is 17.7 Å². The lowest BCUT2D eigenvalue weighted by atomic mass is 9.84. The Morgan fingerprint density at radius 1 is 1.31 bits per heavy atom. The fourth-order valence-electron chi connectivity index (χ4n) is 3.98. The molecule has 0 saturated carbocycles. The van der Waals surface area contributed by atoms with Gasteiger partial charge < -0.3 is 10.5 Å². The van der Waals surface area contributed by atoms with Crippen LogP contribution >= 0.6 is 0 Å². The molecule has 2 aromatic rings. The number of fused-ring (bicyclic) bond motifs is 1. The number of hydrogen-bond donors (Lipinski definition) is 1. The van der Waals surface area contributed by atoms with Crippen LogP contribution < -0.4 is 14.8 Å². The largest absolute Gasteiger partial charge is 0.422 e. The van der Waals surface area contributed by atoms with Gasteiger partial charge in [-0.2, -0.15) is 10.4 Å². The first kappa shape index (κ1) is 19.3. The molecule has 1 aromatic carbocycles. The zero-order valence-electron chi connectivity index (χ0n) is 16.6. The summed E-state index contributed by atoms with van der Waals surface area (Å²) in [7, 11) is -3.25. The van der Waals surface area contributed by atoms with Gasteiger partial charge in [-0.1, -0.05) is 12.1 Å². The average Bonchev–Trinajstić information content (AvgIpc) is 3.19. The molecule has 0 amide bonds. The van der Waals surface area contributed by atoms with E-state index in [2.05, 4.69) is 11.2 Å². The summed E-state index contributed by atoms with van der Waals surface area (Å²) in [5.74, 6) is 0.368. The molecule has 4 rings (SSSR count). The molecule has 9 heteroatoms. The Kier molecular flexibility index (Phi) is 4.54. The SMILES string of the molecule is Cc1nn(C(C)C)c2c1C(c1ccc(N3CCCS3(=O)=O)cc1)C(C#N)=C(N)O2. The van der Waals surface area contributed by atoms with Gasteiger partial charge in [-0.15, -0.1) is 0 Å². The number of ether oxygens (including phenoxy) is 1. The van der Waals surface area contributed by atoms with E-state index in [0.29, 0.717) is 30.1 Å². The second-order valence-electron chi connectivity index (χ2n) is 7.60. The van der Waals surface area contributed by atoms with E-state index < -0.39 is 15.9 Å². The topological polar surface area (TPSA) is 114 Å². The van der Waals surface area contributed by atoms with E-state index in [0.717, 1.165) is 16.8 Å². The highest BCUT2D eigenvalue weighted by atomic mass is 32.2. The fourth-order valence-corrected chi connectivity index (χ4v) is 5.55. The van der Waals surface area contributed by atoms with Crippen LogP contribution in [0, 0.1) is 18.3 Å². The predicted octanol–water partition coefficient (Wildman–Crippen LogP) is 2.53. The maximum Gasteiger partial charge on any atom is 0.235 e. The molecule has 2 N–H and O–H groups in total. The Balaban J connectivity index is 1.81. The highest BCUT2D eigenvalue weighted by Gasteiger charge is 2.36. The Hall–Kier alpha value is -2.99. The number of nitrogens with zero attached hydrogens (tertiary/aromatic N) is 4. The van der Waals surface area contributed by atoms with Crippen LogP contribution in [0.15, 0.2) is 35.7 Å². The number of sulfonamides is 1. The van der Waals surface area contributed by atoms with Crippen LogP contribution in [0.25, 0.3) is 0 Å². The van der Waals surface area contributed by atoms with Gasteiger partial charge in [-0.05, 0) is 44.9 Å². The third-order valence-electron chi connectivity index (χ3n) is 5.36. The molecule has 1 aromatic heterocycles. The highest BCUT2D eigenvalue weighted by molar-refractivity contribution is 7.93. The van der Waals surface area contributed by atoms with Gasteiger partial charge in [-0.3, -0.25) is 4.31 Å². The van der Waals surface area contributed by atoms with Crippen molar-refractivity contribution in [2.24, 2.45) is 5.73 Å². The number of nitriles is 1. The molecule has 1 saturated heterocycles. The summed E-state index contributed by atoms with van der Waals surface area (Å²) in [6.07, 6.45) is 0.624. The van der Waals surface area contributed by atoms with E-state index >= 15 is 0 Å². The molecule has 152 valence electrons. The number of aryl methyl sites for hydroxylation is 1. The summed E-state index contributed by atoms with van der Waals surface area (Å²) < 4.78 is 33.4. The van der Waals surface area contributed by atoms with Crippen molar-refractivity contribution in [1.82, 2.24) is 9.78 Å². The van der Waals surface area contributed by atoms with Crippen LogP contribution in [0.2, 0.25) is 0 Å². The summed E-state index contributed by atoms with van der Waals surface area (Å²) in [6.45, 7) is 6.36. The summed E-state index contributed by atoms with van der Waals surface area (Å²) in [5, 5.41) is 14.3. The van der Waals surface area contributed by atoms with E-state index in [9.17, 15) is 13.7 Å². The number of allylic oxidation sites excluding steroid dienone is 1. The number of aromatic nitrogens is 2. The molecule has 8 nitrogen and oxygen atoms in total. The van der Waals surface area contributed by atoms with Crippen molar-refractivity contribution in [2.45, 2.75) is 39.2 Å². The Morgan fingerprint density at radius 2 is 2.00 bits per heavy atom. The second-order valence-corrected chi connectivity index (χ2v) is 9.61. The Labute approximate surface area is 170 Å². The number of rotatable bonds is 3. The van der Waals surface area contributed by atoms with Crippen LogP contribution in [0.4, 0.5) is 5.69 Å². The van der Waals surface area contributed by atoms with E-state index in [4.69, 9.17) is 10.5 Å². The number of nitrogens with two attached hydrogens (primary N) is 1. The summed E-state index contributed by atoms with van der Waals surface area (Å²) in [6, 6.07) is 9.50. The van der Waals surface area contributed by atoms with E-state index in [1.54, 1.807) is 16.8 Å². The average molecular weight is 414 g/mol. The molecule has 0 spiro atoms. The summed E-state index contributed by atoms with van der Waals surface area (Å²) >= 11 is 0. The Morgan fingerprint density at radius 3 is 2.55 bits per heavy atom. The first-order valence-corrected chi connectivity index (χ1v) is 11.1. The minimum absolute atomic E-state index is 0.0669. The van der Waals surface area contributed by atoms with Crippen molar-refractivity contribution in [3.05, 3.63) is 52.5 Å². The van der Waals surface area contributed by atoms with Crippen molar-refractivity contribution in [2.75, 3.05) is 16.6 Å². The number of anilines is 1. The maximum absolute atomic E-state index is 12.2. The van der Waals surface area contributed by atoms with Crippen molar-refractivity contribution in [3.8, 4) is 11.9 Å². The molecule has 3 heterocycles. The highest BCUT2D eigenvalue weighted by Crippen LogP contribution is 2.45. The summed E-state index contributed by atoms with van der Waals surface area (Å²) in [4.78, 5) is 0. The van der Waals surface area contributed by atoms with Gasteiger partial charge >= 0.3 is 0 Å². The van der Waals surface area contributed by atoms with Crippen molar-refractivity contribution >= 4 is 15.7 Å². The first-order valence-electron chi connectivity index (χ1n) is 9.51. The van der Waals surface area contributed by atoms with Crippen LogP contribution in [-0.2, 0) is 10.0 Å². The van der Waals surface area contributed by atoms with Gasteiger partial charge in [0.15, 0.2) is 0 Å². The second kappa shape index (κ2) is 6.81. The van der Waals surface area contributed by atoms with Gasteiger partial charge in [0.2, 0.25) is 21.8 Å². The van der Waals surface area contributed by atoms with Gasteiger partial charge in [0.25, 0.3) is 0 Å². The molecule has 2 aliphatic heterocycles. The molecule has 1 atom stereocenters. The fraction of sp³-hybridized carbons (Fsp3) is 0.400. The van der Waals surface area contributed by atoms with Crippen LogP contribution in [-0.4, -0.2) is 30.5 Å². The van der Waals surface area contributed by atoms with Crippen LogP contribution in [0.1, 0.15) is 49.0 Å². The maximum atomic E-state index is 12.2. The van der Waals surface area contributed by atoms with E-state index in [1.807, 2.05) is 32.9 Å². The minimum atomic E-state index is -3.25. The van der Waals surface area contributed by atoms with Crippen molar-refractivity contribution in [1.29, 1.82) is 5.26 Å². The monoisotopic (exact) mass is 413 g/mol. The molecule has 2 aliphatic rings. The molecular formula is C20H23N5O3S. The number of benzene rings is 1. The smallest absolute Gasteiger partial charge is 0.235 e. The zero-order valence-corrected chi connectivity index (χ0v) is 17.4. The lowest BCUT2D eigenvalue weighted by Crippen LogP contribution is -2.25. The Bertz CT molecular complexity index is 1140. The normalized spacial score (nSPS) is 20.5. The van der Waals surface area contributed by atoms with Gasteiger partial charge in [-0.25, -0.2) is 13.1 Å². The molecule has 0 bridgehead atoms. The van der Waals surface area contributed by atoms with Crippen LogP contribution in [0.5, 0.6) is 5.88 Å². The lowest BCUT2D eigenvalue weighted by Gasteiger charge is -2.26.